The highest BCUT2D eigenvalue weighted by atomic mass is 16.7. The molecule has 0 radical (unpaired) electrons. The summed E-state index contributed by atoms with van der Waals surface area (Å²) in [4.78, 5) is 31.1. The molecule has 2 aromatic heterocycles. The average Bonchev–Trinajstić information content (AvgIpc) is 3.13. The maximum absolute atomic E-state index is 12.3. The molecule has 0 saturated carbocycles. The minimum Gasteiger partial charge on any atom is -0.492 e. The normalized spacial score (nSPS) is 12.0. The van der Waals surface area contributed by atoms with Gasteiger partial charge in [-0.25, -0.2) is 4.79 Å². The van der Waals surface area contributed by atoms with E-state index in [0.29, 0.717) is 11.1 Å². The summed E-state index contributed by atoms with van der Waals surface area (Å²) >= 11 is 0. The zero-order valence-electron chi connectivity index (χ0n) is 12.5. The molecule has 3 aromatic rings. The topological polar surface area (TPSA) is 117 Å². The molecule has 1 aromatic carbocycles. The second-order valence-corrected chi connectivity index (χ2v) is 5.16. The fourth-order valence-corrected chi connectivity index (χ4v) is 2.46. The fraction of sp³-hybridized carbons (Fsp3) is 0.125. The molecule has 2 heterocycles. The Bertz CT molecular complexity index is 863. The number of fused-ring (bicyclic) bond motifs is 1. The number of aromatic amines is 1. The molecule has 0 bridgehead atoms. The third-order valence-electron chi connectivity index (χ3n) is 3.63. The molecule has 3 rings (SSSR count). The van der Waals surface area contributed by atoms with Crippen LogP contribution in [-0.4, -0.2) is 38.3 Å². The number of para-hydroxylation sites is 1. The molecule has 0 saturated heterocycles. The molecular formula is C16H15N3O5. The molecule has 24 heavy (non-hydrogen) atoms. The summed E-state index contributed by atoms with van der Waals surface area (Å²) < 4.78 is 0.580. The van der Waals surface area contributed by atoms with Crippen LogP contribution in [0.15, 0.2) is 42.6 Å². The van der Waals surface area contributed by atoms with Gasteiger partial charge in [-0.1, -0.05) is 18.2 Å². The summed E-state index contributed by atoms with van der Waals surface area (Å²) in [5.41, 5.74) is 1.73. The van der Waals surface area contributed by atoms with Crippen LogP contribution in [0, 0.1) is 0 Å². The van der Waals surface area contributed by atoms with Crippen LogP contribution in [0.1, 0.15) is 5.56 Å². The molecule has 0 fully saturated rings. The van der Waals surface area contributed by atoms with Gasteiger partial charge in [-0.05, 0) is 11.6 Å². The van der Waals surface area contributed by atoms with Crippen LogP contribution >= 0.6 is 0 Å². The highest BCUT2D eigenvalue weighted by molar-refractivity contribution is 5.85. The van der Waals surface area contributed by atoms with E-state index in [1.54, 1.807) is 6.20 Å². The quantitative estimate of drug-likeness (QED) is 0.497. The van der Waals surface area contributed by atoms with Crippen molar-refractivity contribution in [3.63, 3.8) is 0 Å². The van der Waals surface area contributed by atoms with Crippen molar-refractivity contribution in [3.8, 4) is 11.8 Å². The van der Waals surface area contributed by atoms with Gasteiger partial charge in [0.2, 0.25) is 18.2 Å². The molecule has 8 heteroatoms. The molecule has 124 valence electrons. The predicted octanol–water partition coefficient (Wildman–Crippen LogP) is 0.693. The number of aromatic nitrogens is 2. The van der Waals surface area contributed by atoms with E-state index in [1.165, 1.54) is 12.1 Å². The first-order valence-electron chi connectivity index (χ1n) is 7.16. The van der Waals surface area contributed by atoms with Crippen molar-refractivity contribution in [1.29, 1.82) is 0 Å². The molecule has 4 N–H and O–H groups in total. The van der Waals surface area contributed by atoms with E-state index in [-0.39, 0.29) is 6.42 Å². The van der Waals surface area contributed by atoms with E-state index in [4.69, 9.17) is 4.84 Å². The molecule has 0 unspecified atom stereocenters. The summed E-state index contributed by atoms with van der Waals surface area (Å²) in [6, 6.07) is 8.91. The van der Waals surface area contributed by atoms with Crippen molar-refractivity contribution in [2.24, 2.45) is 0 Å². The molecule has 0 spiro atoms. The Morgan fingerprint density at radius 3 is 2.67 bits per heavy atom. The molecule has 0 aliphatic carbocycles. The Morgan fingerprint density at radius 1 is 1.25 bits per heavy atom. The smallest absolute Gasteiger partial charge is 0.355 e. The largest absolute Gasteiger partial charge is 0.492 e. The van der Waals surface area contributed by atoms with Gasteiger partial charge < -0.3 is 25.4 Å². The van der Waals surface area contributed by atoms with E-state index >= 15 is 0 Å². The highest BCUT2D eigenvalue weighted by Crippen LogP contribution is 2.21. The van der Waals surface area contributed by atoms with Gasteiger partial charge in [0.05, 0.1) is 0 Å². The van der Waals surface area contributed by atoms with Gasteiger partial charge in [-0.3, -0.25) is 4.79 Å². The Balaban J connectivity index is 1.81. The van der Waals surface area contributed by atoms with Crippen LogP contribution in [0.3, 0.4) is 0 Å². The Hall–Kier alpha value is -3.42. The number of carbonyl (C=O) groups excluding carboxylic acids is 2. The lowest BCUT2D eigenvalue weighted by Crippen LogP contribution is -2.42. The molecule has 0 aliphatic rings. The van der Waals surface area contributed by atoms with Crippen molar-refractivity contribution in [2.75, 3.05) is 0 Å². The number of hydrogen-bond acceptors (Lipinski definition) is 5. The number of rotatable bonds is 6. The second kappa shape index (κ2) is 6.37. The summed E-state index contributed by atoms with van der Waals surface area (Å²) in [6.07, 6.45) is 2.34. The molecule has 8 nitrogen and oxygen atoms in total. The van der Waals surface area contributed by atoms with Gasteiger partial charge in [-0.2, -0.15) is 0 Å². The van der Waals surface area contributed by atoms with Crippen molar-refractivity contribution in [3.05, 3.63) is 48.2 Å². The molecular weight excluding hydrogens is 314 g/mol. The van der Waals surface area contributed by atoms with Crippen LogP contribution in [0.4, 0.5) is 0 Å². The number of nitrogens with one attached hydrogen (secondary N) is 2. The number of amides is 1. The number of carbonyl (C=O) groups is 2. The van der Waals surface area contributed by atoms with Crippen LogP contribution in [-0.2, 0) is 16.0 Å². The lowest BCUT2D eigenvalue weighted by molar-refractivity contribution is -0.148. The zero-order valence-corrected chi connectivity index (χ0v) is 12.5. The minimum absolute atomic E-state index is 0.185. The van der Waals surface area contributed by atoms with E-state index in [0.717, 1.165) is 16.5 Å². The number of aromatic hydroxyl groups is 2. The summed E-state index contributed by atoms with van der Waals surface area (Å²) in [5, 5.41) is 22.4. The number of nitrogens with zero attached hydrogens (tertiary/aromatic N) is 1. The van der Waals surface area contributed by atoms with Crippen molar-refractivity contribution in [1.82, 2.24) is 15.0 Å². The molecule has 1 amide bonds. The van der Waals surface area contributed by atoms with Crippen molar-refractivity contribution >= 4 is 23.3 Å². The van der Waals surface area contributed by atoms with E-state index < -0.39 is 23.8 Å². The first-order chi connectivity index (χ1) is 11.6. The van der Waals surface area contributed by atoms with Gasteiger partial charge in [0.25, 0.3) is 0 Å². The van der Waals surface area contributed by atoms with Gasteiger partial charge in [0, 0.05) is 35.7 Å². The number of benzene rings is 1. The molecule has 0 aliphatic heterocycles. The third-order valence-corrected chi connectivity index (χ3v) is 3.63. The van der Waals surface area contributed by atoms with Crippen molar-refractivity contribution in [2.45, 2.75) is 12.5 Å². The third kappa shape index (κ3) is 2.89. The lowest BCUT2D eigenvalue weighted by Gasteiger charge is -2.15. The monoisotopic (exact) mass is 329 g/mol. The van der Waals surface area contributed by atoms with Crippen LogP contribution in [0.2, 0.25) is 0 Å². The van der Waals surface area contributed by atoms with Gasteiger partial charge in [0.15, 0.2) is 0 Å². The maximum atomic E-state index is 12.3. The van der Waals surface area contributed by atoms with Crippen LogP contribution in [0.5, 0.6) is 11.8 Å². The zero-order chi connectivity index (χ0) is 17.1. The van der Waals surface area contributed by atoms with E-state index in [9.17, 15) is 19.8 Å². The van der Waals surface area contributed by atoms with E-state index in [2.05, 4.69) is 10.3 Å². The van der Waals surface area contributed by atoms with Gasteiger partial charge in [0.1, 0.15) is 6.04 Å². The van der Waals surface area contributed by atoms with E-state index in [1.807, 2.05) is 24.3 Å². The van der Waals surface area contributed by atoms with Crippen LogP contribution in [0.25, 0.3) is 10.9 Å². The summed E-state index contributed by atoms with van der Waals surface area (Å²) in [7, 11) is 0. The standard InChI is InChI=1S/C16H15N3O5/c20-9-18-13(16(23)24-19-14(21)5-6-15(19)22)7-10-8-17-12-4-2-1-3-11(10)12/h1-6,8-9,13,17,21-22H,7H2,(H,18,20)/t13-/m0/s1. The molecule has 1 atom stereocenters. The Labute approximate surface area is 136 Å². The Morgan fingerprint density at radius 2 is 1.96 bits per heavy atom. The van der Waals surface area contributed by atoms with Gasteiger partial charge >= 0.3 is 5.97 Å². The SMILES string of the molecule is O=CN[C@@H](Cc1c[nH]c2ccccc12)C(=O)On1c(O)ccc1O. The maximum Gasteiger partial charge on any atom is 0.355 e. The lowest BCUT2D eigenvalue weighted by atomic mass is 10.1. The first kappa shape index (κ1) is 15.5. The summed E-state index contributed by atoms with van der Waals surface area (Å²) in [5.74, 6) is -1.69. The summed E-state index contributed by atoms with van der Waals surface area (Å²) in [6.45, 7) is 0. The van der Waals surface area contributed by atoms with Crippen LogP contribution < -0.4 is 10.2 Å². The second-order valence-electron chi connectivity index (χ2n) is 5.16. The predicted molar refractivity (Wildman–Crippen MR) is 84.3 cm³/mol. The number of H-pyrrole nitrogens is 1. The minimum atomic E-state index is -0.983. The van der Waals surface area contributed by atoms with Crippen molar-refractivity contribution < 1.29 is 24.6 Å². The first-order valence-corrected chi connectivity index (χ1v) is 7.16. The fourth-order valence-electron chi connectivity index (χ4n) is 2.46. The van der Waals surface area contributed by atoms with Gasteiger partial charge in [-0.15, -0.1) is 4.73 Å². The average molecular weight is 329 g/mol. The highest BCUT2D eigenvalue weighted by Gasteiger charge is 2.24. The Kier molecular flexibility index (Phi) is 4.11. The number of hydrogen-bond donors (Lipinski definition) is 4.